The second-order valence-electron chi connectivity index (χ2n) is 12.8. The lowest BCUT2D eigenvalue weighted by atomic mass is 9.95. The molecule has 6 nitrogen and oxygen atoms in total. The van der Waals surface area contributed by atoms with Crippen molar-refractivity contribution in [3.63, 3.8) is 0 Å². The highest BCUT2D eigenvalue weighted by Gasteiger charge is 2.47. The first-order valence-electron chi connectivity index (χ1n) is 17.9. The third kappa shape index (κ3) is 10.0. The number of fused-ring (bicyclic) bond motifs is 1. The molecule has 4 aromatic carbocycles. The molecule has 0 fully saturated rings. The first-order chi connectivity index (χ1) is 24.8. The normalized spacial score (nSPS) is 18.3. The zero-order chi connectivity index (χ0) is 34.2. The molecule has 0 saturated carbocycles. The van der Waals surface area contributed by atoms with Crippen molar-refractivity contribution in [3.8, 4) is 11.8 Å². The van der Waals surface area contributed by atoms with Gasteiger partial charge in [-0.2, -0.15) is 0 Å². The Labute approximate surface area is 297 Å². The molecule has 1 aliphatic heterocycles. The lowest BCUT2D eigenvalue weighted by molar-refractivity contribution is -0.188. The number of hydrogen-bond donors (Lipinski definition) is 0. The molecular weight excluding hydrogens is 620 g/mol. The van der Waals surface area contributed by atoms with Crippen LogP contribution < -0.4 is 0 Å². The number of ether oxygens (including phenoxy) is 4. The topological polar surface area (TPSA) is 54.7 Å². The molecule has 4 atom stereocenters. The summed E-state index contributed by atoms with van der Waals surface area (Å²) in [5.74, 6) is 7.52. The summed E-state index contributed by atoms with van der Waals surface area (Å²) in [5.41, 5.74) is 5.09. The molecular formula is C44H48N2O4. The average molecular weight is 669 g/mol. The molecule has 0 bridgehead atoms. The lowest BCUT2D eigenvalue weighted by Gasteiger charge is -2.42. The van der Waals surface area contributed by atoms with Crippen LogP contribution in [0.3, 0.4) is 0 Å². The van der Waals surface area contributed by atoms with Crippen LogP contribution in [-0.4, -0.2) is 28.4 Å². The van der Waals surface area contributed by atoms with Crippen molar-refractivity contribution in [3.05, 3.63) is 161 Å². The summed E-state index contributed by atoms with van der Waals surface area (Å²) >= 11 is 0. The highest BCUT2D eigenvalue weighted by atomic mass is 16.6. The summed E-state index contributed by atoms with van der Waals surface area (Å²) in [6, 6.07) is 40.8. The van der Waals surface area contributed by atoms with Gasteiger partial charge in [0.25, 0.3) is 0 Å². The molecule has 6 rings (SSSR count). The van der Waals surface area contributed by atoms with Crippen molar-refractivity contribution in [2.75, 3.05) is 6.61 Å². The Balaban J connectivity index is 1.36. The maximum absolute atomic E-state index is 6.90. The number of aromatic nitrogens is 2. The van der Waals surface area contributed by atoms with E-state index in [4.69, 9.17) is 23.9 Å². The number of unbranched alkanes of at least 4 members (excludes halogenated alkanes) is 4. The fraction of sp³-hybridized carbons (Fsp3) is 0.341. The van der Waals surface area contributed by atoms with Crippen LogP contribution >= 0.6 is 0 Å². The second kappa shape index (κ2) is 19.0. The van der Waals surface area contributed by atoms with Crippen molar-refractivity contribution >= 4 is 0 Å². The van der Waals surface area contributed by atoms with Crippen LogP contribution in [0.2, 0.25) is 0 Å². The summed E-state index contributed by atoms with van der Waals surface area (Å²) in [6.07, 6.45) is 6.25. The first-order valence-corrected chi connectivity index (χ1v) is 17.9. The Morgan fingerprint density at radius 1 is 0.600 bits per heavy atom. The third-order valence-corrected chi connectivity index (χ3v) is 8.99. The van der Waals surface area contributed by atoms with E-state index in [1.165, 1.54) is 19.3 Å². The molecule has 0 unspecified atom stereocenters. The van der Waals surface area contributed by atoms with Gasteiger partial charge in [-0.05, 0) is 34.6 Å². The number of hydrogen-bond acceptors (Lipinski definition) is 5. The van der Waals surface area contributed by atoms with Gasteiger partial charge in [0.05, 0.1) is 39.1 Å². The van der Waals surface area contributed by atoms with Gasteiger partial charge >= 0.3 is 0 Å². The van der Waals surface area contributed by atoms with E-state index in [-0.39, 0.29) is 6.04 Å². The minimum Gasteiger partial charge on any atom is -0.375 e. The highest BCUT2D eigenvalue weighted by molar-refractivity contribution is 5.30. The van der Waals surface area contributed by atoms with Gasteiger partial charge in [-0.1, -0.05) is 153 Å². The summed E-state index contributed by atoms with van der Waals surface area (Å²) < 4.78 is 29.2. The predicted octanol–water partition coefficient (Wildman–Crippen LogP) is 9.41. The minimum atomic E-state index is -0.509. The van der Waals surface area contributed by atoms with Gasteiger partial charge in [0.15, 0.2) is 0 Å². The highest BCUT2D eigenvalue weighted by Crippen LogP contribution is 2.40. The molecule has 6 heteroatoms. The maximum atomic E-state index is 6.90. The van der Waals surface area contributed by atoms with Gasteiger partial charge < -0.3 is 23.5 Å². The summed E-state index contributed by atoms with van der Waals surface area (Å²) in [4.78, 5) is 5.13. The molecule has 50 heavy (non-hydrogen) atoms. The molecule has 0 radical (unpaired) electrons. The number of rotatable bonds is 17. The van der Waals surface area contributed by atoms with Crippen LogP contribution in [0.25, 0.3) is 0 Å². The van der Waals surface area contributed by atoms with Gasteiger partial charge in [0.2, 0.25) is 0 Å². The third-order valence-electron chi connectivity index (χ3n) is 8.99. The van der Waals surface area contributed by atoms with E-state index in [2.05, 4.69) is 78.1 Å². The molecule has 2 heterocycles. The zero-order valence-electron chi connectivity index (χ0n) is 29.0. The predicted molar refractivity (Wildman–Crippen MR) is 197 cm³/mol. The first kappa shape index (κ1) is 35.3. The quantitative estimate of drug-likeness (QED) is 0.0730. The van der Waals surface area contributed by atoms with Crippen LogP contribution in [0.5, 0.6) is 0 Å². The molecule has 0 N–H and O–H groups in total. The van der Waals surface area contributed by atoms with Crippen molar-refractivity contribution in [2.24, 2.45) is 0 Å². The molecule has 0 spiro atoms. The van der Waals surface area contributed by atoms with E-state index < -0.39 is 18.3 Å². The Morgan fingerprint density at radius 3 is 1.68 bits per heavy atom. The largest absolute Gasteiger partial charge is 0.375 e. The molecule has 0 amide bonds. The number of imidazole rings is 1. The molecule has 258 valence electrons. The van der Waals surface area contributed by atoms with Crippen LogP contribution in [0.4, 0.5) is 0 Å². The van der Waals surface area contributed by atoms with E-state index in [9.17, 15) is 0 Å². The van der Waals surface area contributed by atoms with Crippen LogP contribution in [0, 0.1) is 11.8 Å². The minimum absolute atomic E-state index is 0.234. The molecule has 1 aliphatic rings. The van der Waals surface area contributed by atoms with Gasteiger partial charge in [-0.15, -0.1) is 0 Å². The van der Waals surface area contributed by atoms with Crippen molar-refractivity contribution in [2.45, 2.75) is 89.8 Å². The Morgan fingerprint density at radius 2 is 1.12 bits per heavy atom. The Bertz CT molecular complexity index is 1750. The van der Waals surface area contributed by atoms with E-state index in [1.54, 1.807) is 0 Å². The van der Waals surface area contributed by atoms with Crippen LogP contribution in [0.15, 0.2) is 128 Å². The zero-order valence-corrected chi connectivity index (χ0v) is 29.0. The van der Waals surface area contributed by atoms with Gasteiger partial charge in [-0.25, -0.2) is 4.98 Å². The van der Waals surface area contributed by atoms with E-state index in [0.29, 0.717) is 33.0 Å². The number of benzene rings is 4. The maximum Gasteiger partial charge on any atom is 0.144 e. The standard InChI is InChI=1S/C44H48N2O4/c1-2-3-4-5-6-19-28-39-29-46-40(34-47-30-35-20-11-7-12-21-35)41(48-31-36-22-13-8-14-23-36)42(49-32-37-24-15-9-16-25-37)43(44(46)45-39)50-33-38-26-17-10-18-27-38/h7-18,20-27,29,40-43H,2-6,30-34H2,1H3/t40-,41-,42+,43-/m1/s1. The Hall–Kier alpha value is -4.51. The molecule has 5 aromatic rings. The fourth-order valence-electron chi connectivity index (χ4n) is 6.33. The van der Waals surface area contributed by atoms with E-state index in [1.807, 2.05) is 72.8 Å². The summed E-state index contributed by atoms with van der Waals surface area (Å²) in [5, 5.41) is 0. The van der Waals surface area contributed by atoms with Gasteiger partial charge in [0, 0.05) is 12.6 Å². The summed E-state index contributed by atoms with van der Waals surface area (Å²) in [7, 11) is 0. The monoisotopic (exact) mass is 668 g/mol. The van der Waals surface area contributed by atoms with Gasteiger partial charge in [-0.3, -0.25) is 0 Å². The van der Waals surface area contributed by atoms with Gasteiger partial charge in [0.1, 0.15) is 29.8 Å². The van der Waals surface area contributed by atoms with Crippen molar-refractivity contribution in [1.82, 2.24) is 9.55 Å². The van der Waals surface area contributed by atoms with E-state index >= 15 is 0 Å². The van der Waals surface area contributed by atoms with Crippen LogP contribution in [-0.2, 0) is 45.4 Å². The van der Waals surface area contributed by atoms with E-state index in [0.717, 1.165) is 46.6 Å². The SMILES string of the molecule is CCCCCCC#Cc1cn2c(n1)[C@H](OCc1ccccc1)[C@@H](OCc1ccccc1)[C@H](OCc1ccccc1)[C@H]2COCc1ccccc1. The lowest BCUT2D eigenvalue weighted by Crippen LogP contribution is -2.50. The second-order valence-corrected chi connectivity index (χ2v) is 12.8. The van der Waals surface area contributed by atoms with Crippen molar-refractivity contribution in [1.29, 1.82) is 0 Å². The molecule has 0 aliphatic carbocycles. The molecule has 0 saturated heterocycles. The van der Waals surface area contributed by atoms with Crippen molar-refractivity contribution < 1.29 is 18.9 Å². The summed E-state index contributed by atoms with van der Waals surface area (Å²) in [6.45, 7) is 4.35. The smallest absolute Gasteiger partial charge is 0.144 e. The number of nitrogens with zero attached hydrogens (tertiary/aromatic N) is 2. The average Bonchev–Trinajstić information content (AvgIpc) is 3.60. The fourth-order valence-corrected chi connectivity index (χ4v) is 6.33. The van der Waals surface area contributed by atoms with Crippen LogP contribution in [0.1, 0.15) is 84.9 Å². The molecule has 1 aromatic heterocycles. The Kier molecular flexibility index (Phi) is 13.4.